The maximum absolute atomic E-state index is 14.4. The van der Waals surface area contributed by atoms with Crippen molar-refractivity contribution in [1.82, 2.24) is 14.9 Å². The number of ether oxygens (including phenoxy) is 1. The lowest BCUT2D eigenvalue weighted by molar-refractivity contribution is 0.262. The molecule has 0 saturated heterocycles. The van der Waals surface area contributed by atoms with Crippen molar-refractivity contribution in [3.8, 4) is 5.75 Å². The second kappa shape index (κ2) is 7.97. The molecule has 0 bridgehead atoms. The van der Waals surface area contributed by atoms with E-state index in [0.29, 0.717) is 29.3 Å². The van der Waals surface area contributed by atoms with Gasteiger partial charge in [-0.1, -0.05) is 0 Å². The number of carbonyl (C=O) groups is 1. The molecule has 0 spiro atoms. The Labute approximate surface area is 166 Å². The highest BCUT2D eigenvalue weighted by molar-refractivity contribution is 6.00. The number of aromatic nitrogens is 2. The molecule has 1 aliphatic rings. The summed E-state index contributed by atoms with van der Waals surface area (Å²) in [5.74, 6) is 0.391. The molecule has 146 valence electrons. The lowest BCUT2D eigenvalue weighted by atomic mass is 10.2. The number of halogens is 1. The van der Waals surface area contributed by atoms with Crippen LogP contribution in [0.2, 0.25) is 0 Å². The zero-order valence-electron chi connectivity index (χ0n) is 15.6. The highest BCUT2D eigenvalue weighted by Gasteiger charge is 2.11. The standard InChI is InChI=1S/C21H18FN5O2/c1-27-10-6-15(7-11-27)29-16-3-5-18(17(22)13-16)26-21(28)25-14-2-4-19-20(12-14)24-9-8-23-19/h2-10,12-13H,11H2,1H3,(H2,25,26,28). The molecule has 4 rings (SSSR count). The minimum Gasteiger partial charge on any atom is -0.457 e. The van der Waals surface area contributed by atoms with Crippen LogP contribution in [0.25, 0.3) is 11.0 Å². The van der Waals surface area contributed by atoms with Gasteiger partial charge in [-0.05, 0) is 42.5 Å². The van der Waals surface area contributed by atoms with Crippen molar-refractivity contribution in [3.05, 3.63) is 78.7 Å². The molecule has 2 aromatic carbocycles. The number of carbonyl (C=O) groups excluding carboxylic acids is 1. The summed E-state index contributed by atoms with van der Waals surface area (Å²) in [6.45, 7) is 0.717. The number of fused-ring (bicyclic) bond motifs is 1. The zero-order valence-corrected chi connectivity index (χ0v) is 15.6. The van der Waals surface area contributed by atoms with Crippen molar-refractivity contribution in [2.45, 2.75) is 0 Å². The highest BCUT2D eigenvalue weighted by Crippen LogP contribution is 2.23. The Morgan fingerprint density at radius 2 is 1.93 bits per heavy atom. The zero-order chi connectivity index (χ0) is 20.2. The van der Waals surface area contributed by atoms with Crippen molar-refractivity contribution < 1.29 is 13.9 Å². The Hall–Kier alpha value is -3.94. The van der Waals surface area contributed by atoms with Gasteiger partial charge in [-0.15, -0.1) is 0 Å². The van der Waals surface area contributed by atoms with Crippen LogP contribution < -0.4 is 15.4 Å². The van der Waals surface area contributed by atoms with Crippen LogP contribution in [0.4, 0.5) is 20.6 Å². The summed E-state index contributed by atoms with van der Waals surface area (Å²) in [6.07, 6.45) is 8.74. The molecular formula is C21H18FN5O2. The third-order valence-electron chi connectivity index (χ3n) is 4.23. The van der Waals surface area contributed by atoms with Crippen molar-refractivity contribution in [2.75, 3.05) is 24.2 Å². The average molecular weight is 391 g/mol. The number of hydrogen-bond acceptors (Lipinski definition) is 5. The Morgan fingerprint density at radius 1 is 1.10 bits per heavy atom. The predicted molar refractivity (Wildman–Crippen MR) is 109 cm³/mol. The summed E-state index contributed by atoms with van der Waals surface area (Å²) >= 11 is 0. The Bertz CT molecular complexity index is 1130. The van der Waals surface area contributed by atoms with E-state index in [4.69, 9.17) is 4.74 Å². The van der Waals surface area contributed by atoms with Crippen LogP contribution >= 0.6 is 0 Å². The number of amides is 2. The number of nitrogens with one attached hydrogen (secondary N) is 2. The third kappa shape index (κ3) is 4.49. The molecule has 0 radical (unpaired) electrons. The molecule has 2 N–H and O–H groups in total. The largest absolute Gasteiger partial charge is 0.457 e. The number of allylic oxidation sites excluding steroid dienone is 1. The topological polar surface area (TPSA) is 79.4 Å². The SMILES string of the molecule is CN1C=CC(Oc2ccc(NC(=O)Nc3ccc4nccnc4c3)c(F)c2)=CC1. The van der Waals surface area contributed by atoms with Gasteiger partial charge in [0, 0.05) is 43.9 Å². The van der Waals surface area contributed by atoms with Crippen LogP contribution in [0, 0.1) is 5.82 Å². The van der Waals surface area contributed by atoms with Crippen LogP contribution in [0.3, 0.4) is 0 Å². The Balaban J connectivity index is 1.40. The summed E-state index contributed by atoms with van der Waals surface area (Å²) in [5, 5.41) is 5.15. The van der Waals surface area contributed by atoms with E-state index in [1.165, 1.54) is 12.1 Å². The van der Waals surface area contributed by atoms with E-state index >= 15 is 0 Å². The van der Waals surface area contributed by atoms with Crippen LogP contribution in [-0.4, -0.2) is 34.5 Å². The first-order valence-corrected chi connectivity index (χ1v) is 8.91. The number of urea groups is 1. The van der Waals surface area contributed by atoms with Crippen LogP contribution in [0.15, 0.2) is 72.9 Å². The van der Waals surface area contributed by atoms with E-state index in [1.807, 2.05) is 24.2 Å². The number of benzene rings is 2. The lowest BCUT2D eigenvalue weighted by Crippen LogP contribution is -2.20. The number of rotatable bonds is 4. The van der Waals surface area contributed by atoms with Crippen molar-refractivity contribution in [1.29, 1.82) is 0 Å². The van der Waals surface area contributed by atoms with Gasteiger partial charge in [0.1, 0.15) is 17.3 Å². The van der Waals surface area contributed by atoms with Gasteiger partial charge in [0.25, 0.3) is 0 Å². The fourth-order valence-corrected chi connectivity index (χ4v) is 2.76. The van der Waals surface area contributed by atoms with Crippen LogP contribution in [-0.2, 0) is 0 Å². The minimum absolute atomic E-state index is 0.0448. The second-order valence-electron chi connectivity index (χ2n) is 6.44. The average Bonchev–Trinajstić information content (AvgIpc) is 2.72. The van der Waals surface area contributed by atoms with E-state index in [0.717, 1.165) is 5.52 Å². The monoisotopic (exact) mass is 391 g/mol. The molecule has 0 unspecified atom stereocenters. The van der Waals surface area contributed by atoms with Gasteiger partial charge in [0.05, 0.1) is 16.7 Å². The first-order chi connectivity index (χ1) is 14.1. The molecule has 29 heavy (non-hydrogen) atoms. The predicted octanol–water partition coefficient (Wildman–Crippen LogP) is 4.13. The van der Waals surface area contributed by atoms with Gasteiger partial charge in [0.2, 0.25) is 0 Å². The molecule has 2 heterocycles. The quantitative estimate of drug-likeness (QED) is 0.699. The second-order valence-corrected chi connectivity index (χ2v) is 6.44. The van der Waals surface area contributed by atoms with Gasteiger partial charge in [-0.25, -0.2) is 9.18 Å². The van der Waals surface area contributed by atoms with Crippen molar-refractivity contribution >= 4 is 28.4 Å². The number of nitrogens with zero attached hydrogens (tertiary/aromatic N) is 3. The number of hydrogen-bond donors (Lipinski definition) is 2. The maximum atomic E-state index is 14.4. The van der Waals surface area contributed by atoms with Gasteiger partial charge in [0.15, 0.2) is 0 Å². The molecule has 3 aromatic rings. The fraction of sp³-hybridized carbons (Fsp3) is 0.0952. The van der Waals surface area contributed by atoms with Crippen molar-refractivity contribution in [3.63, 3.8) is 0 Å². The summed E-state index contributed by atoms with van der Waals surface area (Å²) in [7, 11) is 1.94. The van der Waals surface area contributed by atoms with Gasteiger partial charge >= 0.3 is 6.03 Å². The fourth-order valence-electron chi connectivity index (χ4n) is 2.76. The molecule has 7 nitrogen and oxygen atoms in total. The number of likely N-dealkylation sites (N-methyl/N-ethyl adjacent to an activating group) is 1. The first-order valence-electron chi connectivity index (χ1n) is 8.91. The van der Waals surface area contributed by atoms with Gasteiger partial charge in [-0.2, -0.15) is 0 Å². The van der Waals surface area contributed by atoms with E-state index in [1.54, 1.807) is 42.7 Å². The van der Waals surface area contributed by atoms with Crippen LogP contribution in [0.5, 0.6) is 5.75 Å². The minimum atomic E-state index is -0.598. The van der Waals surface area contributed by atoms with E-state index in [-0.39, 0.29) is 5.69 Å². The first kappa shape index (κ1) is 18.4. The molecule has 0 atom stereocenters. The van der Waals surface area contributed by atoms with Gasteiger partial charge in [-0.3, -0.25) is 9.97 Å². The molecule has 2 amide bonds. The van der Waals surface area contributed by atoms with Crippen LogP contribution in [0.1, 0.15) is 0 Å². The molecule has 0 aliphatic carbocycles. The highest BCUT2D eigenvalue weighted by atomic mass is 19.1. The van der Waals surface area contributed by atoms with Gasteiger partial charge < -0.3 is 20.3 Å². The molecule has 8 heteroatoms. The molecular weight excluding hydrogens is 373 g/mol. The lowest BCUT2D eigenvalue weighted by Gasteiger charge is -2.17. The third-order valence-corrected chi connectivity index (χ3v) is 4.23. The summed E-state index contributed by atoms with van der Waals surface area (Å²) in [6, 6.07) is 8.85. The summed E-state index contributed by atoms with van der Waals surface area (Å²) in [5.41, 5.74) is 1.94. The normalized spacial score (nSPS) is 13.2. The molecule has 0 fully saturated rings. The number of anilines is 2. The summed E-state index contributed by atoms with van der Waals surface area (Å²) < 4.78 is 20.0. The Morgan fingerprint density at radius 3 is 2.69 bits per heavy atom. The van der Waals surface area contributed by atoms with Crippen molar-refractivity contribution in [2.24, 2.45) is 0 Å². The maximum Gasteiger partial charge on any atom is 0.323 e. The smallest absolute Gasteiger partial charge is 0.323 e. The van der Waals surface area contributed by atoms with E-state index < -0.39 is 11.8 Å². The molecule has 0 saturated carbocycles. The van der Waals surface area contributed by atoms with E-state index in [9.17, 15) is 9.18 Å². The molecule has 1 aromatic heterocycles. The Kier molecular flexibility index (Phi) is 5.07. The van der Waals surface area contributed by atoms with E-state index in [2.05, 4.69) is 20.6 Å². The summed E-state index contributed by atoms with van der Waals surface area (Å²) in [4.78, 5) is 22.6. The molecule has 1 aliphatic heterocycles.